The molecule has 0 aliphatic heterocycles. The van der Waals surface area contributed by atoms with E-state index in [0.29, 0.717) is 24.2 Å². The van der Waals surface area contributed by atoms with E-state index < -0.39 is 23.8 Å². The van der Waals surface area contributed by atoms with Crippen LogP contribution < -0.4 is 10.6 Å². The highest BCUT2D eigenvalue weighted by Crippen LogP contribution is 2.28. The van der Waals surface area contributed by atoms with Crippen LogP contribution in [0, 0.1) is 12.8 Å². The molecular weight excluding hydrogens is 470 g/mol. The van der Waals surface area contributed by atoms with Gasteiger partial charge in [0.25, 0.3) is 0 Å². The minimum absolute atomic E-state index is 0.126. The van der Waals surface area contributed by atoms with Gasteiger partial charge in [0.15, 0.2) is 0 Å². The predicted molar refractivity (Wildman–Crippen MR) is 147 cm³/mol. The summed E-state index contributed by atoms with van der Waals surface area (Å²) in [6, 6.07) is 3.22. The Kier molecular flexibility index (Phi) is 13.5. The number of nitrogens with zero attached hydrogens (tertiary/aromatic N) is 1. The number of aromatic hydroxyl groups is 1. The molecule has 2 atom stereocenters. The summed E-state index contributed by atoms with van der Waals surface area (Å²) >= 11 is 0. The highest BCUT2D eigenvalue weighted by atomic mass is 16.6. The van der Waals surface area contributed by atoms with Crippen LogP contribution in [0.4, 0.5) is 4.79 Å². The van der Waals surface area contributed by atoms with E-state index >= 15 is 0 Å². The predicted octanol–water partition coefficient (Wildman–Crippen LogP) is 5.62. The van der Waals surface area contributed by atoms with E-state index in [1.807, 2.05) is 13.8 Å². The highest BCUT2D eigenvalue weighted by molar-refractivity contribution is 5.92. The van der Waals surface area contributed by atoms with Gasteiger partial charge in [-0.25, -0.2) is 4.79 Å². The van der Waals surface area contributed by atoms with Crippen LogP contribution in [0.15, 0.2) is 18.2 Å². The molecule has 0 saturated carbocycles. The number of alkyl carbamates (subject to hydrolysis) is 1. The fourth-order valence-corrected chi connectivity index (χ4v) is 4.03. The molecule has 0 heterocycles. The summed E-state index contributed by atoms with van der Waals surface area (Å²) < 4.78 is 5.42. The van der Waals surface area contributed by atoms with Crippen molar-refractivity contribution >= 4 is 17.9 Å². The lowest BCUT2D eigenvalue weighted by Gasteiger charge is -2.36. The minimum atomic E-state index is -0.896. The van der Waals surface area contributed by atoms with Gasteiger partial charge in [-0.15, -0.1) is 0 Å². The average molecular weight is 520 g/mol. The smallest absolute Gasteiger partial charge is 0.408 e. The third kappa shape index (κ3) is 11.0. The highest BCUT2D eigenvalue weighted by Gasteiger charge is 2.37. The van der Waals surface area contributed by atoms with Gasteiger partial charge in [-0.1, -0.05) is 59.4 Å². The van der Waals surface area contributed by atoms with Crippen LogP contribution in [-0.2, 0) is 14.3 Å². The number of unbranched alkanes of at least 4 members (excludes halogenated alkanes) is 4. The number of rotatable bonds is 14. The van der Waals surface area contributed by atoms with E-state index in [0.717, 1.165) is 38.5 Å². The summed E-state index contributed by atoms with van der Waals surface area (Å²) in [6.07, 6.45) is 4.78. The molecule has 0 spiro atoms. The second kappa shape index (κ2) is 15.5. The van der Waals surface area contributed by atoms with Crippen molar-refractivity contribution in [1.82, 2.24) is 15.5 Å². The van der Waals surface area contributed by atoms with Crippen LogP contribution in [0.2, 0.25) is 0 Å². The molecule has 8 nitrogen and oxygen atoms in total. The van der Waals surface area contributed by atoms with Gasteiger partial charge in [0.2, 0.25) is 11.8 Å². The van der Waals surface area contributed by atoms with E-state index in [2.05, 4.69) is 24.5 Å². The summed E-state index contributed by atoms with van der Waals surface area (Å²) in [6.45, 7) is 15.8. The zero-order valence-corrected chi connectivity index (χ0v) is 24.1. The van der Waals surface area contributed by atoms with Crippen LogP contribution in [0.25, 0.3) is 0 Å². The molecule has 3 N–H and O–H groups in total. The Labute approximate surface area is 223 Å². The average Bonchev–Trinajstić information content (AvgIpc) is 2.80. The van der Waals surface area contributed by atoms with Crippen molar-refractivity contribution in [3.05, 3.63) is 29.3 Å². The van der Waals surface area contributed by atoms with E-state index in [1.165, 1.54) is 0 Å². The number of amides is 3. The number of nitrogens with one attached hydrogen (secondary N) is 2. The van der Waals surface area contributed by atoms with Gasteiger partial charge >= 0.3 is 6.09 Å². The molecule has 0 aromatic heterocycles. The number of phenols is 1. The molecule has 210 valence electrons. The number of hydrogen-bond acceptors (Lipinski definition) is 5. The Morgan fingerprint density at radius 1 is 1.03 bits per heavy atom. The Balaban J connectivity index is 3.44. The first-order chi connectivity index (χ1) is 17.3. The van der Waals surface area contributed by atoms with E-state index in [4.69, 9.17) is 4.74 Å². The molecule has 0 bridgehead atoms. The normalized spacial score (nSPS) is 13.1. The summed E-state index contributed by atoms with van der Waals surface area (Å²) in [5.41, 5.74) is 0.530. The Bertz CT molecular complexity index is 879. The molecule has 0 radical (unpaired) electrons. The largest absolute Gasteiger partial charge is 0.508 e. The first-order valence-electron chi connectivity index (χ1n) is 13.7. The quantitative estimate of drug-likeness (QED) is 0.277. The number of aryl methyl sites for hydroxylation is 1. The Hall–Kier alpha value is -2.77. The van der Waals surface area contributed by atoms with Crippen molar-refractivity contribution in [2.45, 2.75) is 112 Å². The van der Waals surface area contributed by atoms with Crippen molar-refractivity contribution < 1.29 is 24.2 Å². The van der Waals surface area contributed by atoms with Crippen LogP contribution in [0.1, 0.15) is 104 Å². The van der Waals surface area contributed by atoms with Gasteiger partial charge in [-0.3, -0.25) is 9.59 Å². The topological polar surface area (TPSA) is 108 Å². The maximum Gasteiger partial charge on any atom is 0.408 e. The molecule has 1 aromatic rings. The van der Waals surface area contributed by atoms with Crippen LogP contribution in [-0.4, -0.2) is 52.6 Å². The first kappa shape index (κ1) is 32.3. The van der Waals surface area contributed by atoms with Gasteiger partial charge in [0, 0.05) is 13.1 Å². The van der Waals surface area contributed by atoms with Gasteiger partial charge < -0.3 is 25.4 Å². The number of hydrogen-bond donors (Lipinski definition) is 3. The number of carbonyl (C=O) groups excluding carboxylic acids is 3. The maximum atomic E-state index is 14.1. The molecule has 0 aliphatic carbocycles. The number of ether oxygens (including phenoxy) is 1. The SMILES string of the molecule is CCCCCNC(=O)C(c1ccc(O)c(C)c1)N(CCCCC)C(=O)C(NC(=O)OC(C)(C)C)C(C)C. The molecule has 2 unspecified atom stereocenters. The molecule has 3 amide bonds. The van der Waals surface area contributed by atoms with E-state index in [9.17, 15) is 19.5 Å². The lowest BCUT2D eigenvalue weighted by molar-refractivity contribution is -0.143. The molecule has 8 heteroatoms. The third-order valence-electron chi connectivity index (χ3n) is 6.07. The first-order valence-corrected chi connectivity index (χ1v) is 13.7. The molecular formula is C29H49N3O5. The summed E-state index contributed by atoms with van der Waals surface area (Å²) in [5.74, 6) is -0.716. The molecule has 0 aliphatic rings. The Morgan fingerprint density at radius 3 is 2.19 bits per heavy atom. The van der Waals surface area contributed by atoms with Gasteiger partial charge in [-0.05, 0) is 69.7 Å². The van der Waals surface area contributed by atoms with Crippen molar-refractivity contribution in [2.24, 2.45) is 5.92 Å². The lowest BCUT2D eigenvalue weighted by Crippen LogP contribution is -2.55. The molecule has 0 saturated heterocycles. The van der Waals surface area contributed by atoms with Crippen molar-refractivity contribution in [1.29, 1.82) is 0 Å². The van der Waals surface area contributed by atoms with Gasteiger partial charge in [-0.2, -0.15) is 0 Å². The summed E-state index contributed by atoms with van der Waals surface area (Å²) in [4.78, 5) is 41.8. The van der Waals surface area contributed by atoms with Crippen LogP contribution in [0.3, 0.4) is 0 Å². The second-order valence-electron chi connectivity index (χ2n) is 11.1. The van der Waals surface area contributed by atoms with E-state index in [-0.39, 0.29) is 23.5 Å². The standard InChI is InChI=1S/C29H49N3O5/c1-9-11-13-17-30-26(34)25(22-15-16-23(33)21(5)19-22)32(18-14-12-10-2)27(35)24(20(3)4)31-28(36)37-29(6,7)8/h15-16,19-20,24-25,33H,9-14,17-18H2,1-8H3,(H,30,34)(H,31,36). The van der Waals surface area contributed by atoms with Crippen molar-refractivity contribution in [2.75, 3.05) is 13.1 Å². The zero-order chi connectivity index (χ0) is 28.2. The monoisotopic (exact) mass is 519 g/mol. The molecule has 1 aromatic carbocycles. The fraction of sp³-hybridized carbons (Fsp3) is 0.690. The molecule has 0 fully saturated rings. The van der Waals surface area contributed by atoms with Crippen LogP contribution in [0.5, 0.6) is 5.75 Å². The molecule has 37 heavy (non-hydrogen) atoms. The summed E-state index contributed by atoms with van der Waals surface area (Å²) in [7, 11) is 0. The second-order valence-corrected chi connectivity index (χ2v) is 11.1. The zero-order valence-electron chi connectivity index (χ0n) is 24.1. The minimum Gasteiger partial charge on any atom is -0.508 e. The van der Waals surface area contributed by atoms with Gasteiger partial charge in [0.05, 0.1) is 0 Å². The Morgan fingerprint density at radius 2 is 1.65 bits per heavy atom. The van der Waals surface area contributed by atoms with Crippen molar-refractivity contribution in [3.8, 4) is 5.75 Å². The van der Waals surface area contributed by atoms with Gasteiger partial charge in [0.1, 0.15) is 23.4 Å². The fourth-order valence-electron chi connectivity index (χ4n) is 4.03. The number of carbonyl (C=O) groups is 3. The molecule has 1 rings (SSSR count). The summed E-state index contributed by atoms with van der Waals surface area (Å²) in [5, 5.41) is 15.8. The van der Waals surface area contributed by atoms with E-state index in [1.54, 1.807) is 50.8 Å². The number of benzene rings is 1. The van der Waals surface area contributed by atoms with Crippen molar-refractivity contribution in [3.63, 3.8) is 0 Å². The third-order valence-corrected chi connectivity index (χ3v) is 6.07. The lowest BCUT2D eigenvalue weighted by atomic mass is 9.97. The van der Waals surface area contributed by atoms with Crippen LogP contribution >= 0.6 is 0 Å². The maximum absolute atomic E-state index is 14.1. The number of phenolic OH excluding ortho intramolecular Hbond substituents is 1.